The molecule has 124 valence electrons. The Kier molecular flexibility index (Phi) is 4.69. The molecule has 0 aliphatic carbocycles. The van der Waals surface area contributed by atoms with Gasteiger partial charge in [0.2, 0.25) is 11.8 Å². The van der Waals surface area contributed by atoms with E-state index < -0.39 is 0 Å². The summed E-state index contributed by atoms with van der Waals surface area (Å²) in [6, 6.07) is 10.2. The molecule has 0 radical (unpaired) electrons. The van der Waals surface area contributed by atoms with Gasteiger partial charge < -0.3 is 9.80 Å². The second kappa shape index (κ2) is 6.73. The van der Waals surface area contributed by atoms with Gasteiger partial charge in [-0.2, -0.15) is 0 Å². The molecule has 3 rings (SSSR count). The Balaban J connectivity index is 1.56. The van der Waals surface area contributed by atoms with Gasteiger partial charge in [-0.05, 0) is 31.2 Å². The Labute approximate surface area is 138 Å². The average molecular weight is 314 g/mol. The second-order valence-electron chi connectivity index (χ2n) is 7.10. The number of nitrogens with zero attached hydrogens (tertiary/aromatic N) is 2. The van der Waals surface area contributed by atoms with E-state index >= 15 is 0 Å². The molecule has 1 atom stereocenters. The number of likely N-dealkylation sites (tertiary alicyclic amines) is 2. The minimum atomic E-state index is 0.145. The number of benzene rings is 1. The van der Waals surface area contributed by atoms with E-state index in [0.29, 0.717) is 6.42 Å². The average Bonchev–Trinajstić information content (AvgIpc) is 2.97. The van der Waals surface area contributed by atoms with Crippen LogP contribution in [0.25, 0.3) is 0 Å². The third-order valence-electron chi connectivity index (χ3n) is 5.37. The maximum absolute atomic E-state index is 12.6. The van der Waals surface area contributed by atoms with Gasteiger partial charge in [0.05, 0.1) is 0 Å². The lowest BCUT2D eigenvalue weighted by Crippen LogP contribution is -2.47. The number of carbonyl (C=O) groups is 2. The van der Waals surface area contributed by atoms with Crippen molar-refractivity contribution < 1.29 is 9.59 Å². The topological polar surface area (TPSA) is 40.6 Å². The van der Waals surface area contributed by atoms with E-state index in [0.717, 1.165) is 51.9 Å². The highest BCUT2D eigenvalue weighted by Crippen LogP contribution is 2.39. The number of piperidine rings is 1. The summed E-state index contributed by atoms with van der Waals surface area (Å²) in [4.78, 5) is 28.1. The molecule has 2 saturated heterocycles. The van der Waals surface area contributed by atoms with Crippen LogP contribution in [0.5, 0.6) is 0 Å². The summed E-state index contributed by atoms with van der Waals surface area (Å²) in [6.45, 7) is 5.01. The van der Waals surface area contributed by atoms with Gasteiger partial charge in [-0.25, -0.2) is 0 Å². The Morgan fingerprint density at radius 2 is 1.78 bits per heavy atom. The molecule has 4 nitrogen and oxygen atoms in total. The normalized spacial score (nSPS) is 24.2. The number of amides is 2. The van der Waals surface area contributed by atoms with E-state index in [9.17, 15) is 9.59 Å². The number of hydrogen-bond acceptors (Lipinski definition) is 2. The van der Waals surface area contributed by atoms with Crippen LogP contribution in [-0.2, 0) is 16.0 Å². The molecular weight excluding hydrogens is 288 g/mol. The lowest BCUT2D eigenvalue weighted by Gasteiger charge is -2.40. The maximum Gasteiger partial charge on any atom is 0.222 e. The second-order valence-corrected chi connectivity index (χ2v) is 7.10. The summed E-state index contributed by atoms with van der Waals surface area (Å²) in [5.41, 5.74) is 1.36. The van der Waals surface area contributed by atoms with E-state index in [1.165, 1.54) is 5.56 Å². The zero-order chi connectivity index (χ0) is 16.3. The highest BCUT2D eigenvalue weighted by molar-refractivity contribution is 5.77. The van der Waals surface area contributed by atoms with Gasteiger partial charge in [0, 0.05) is 44.9 Å². The molecule has 1 aromatic carbocycles. The van der Waals surface area contributed by atoms with Crippen molar-refractivity contribution in [1.82, 2.24) is 9.80 Å². The van der Waals surface area contributed by atoms with Crippen LogP contribution in [0, 0.1) is 5.41 Å². The van der Waals surface area contributed by atoms with Gasteiger partial charge in [0.15, 0.2) is 0 Å². The fraction of sp³-hybridized carbons (Fsp3) is 0.579. The Morgan fingerprint density at radius 1 is 1.04 bits per heavy atom. The molecule has 2 heterocycles. The van der Waals surface area contributed by atoms with Crippen LogP contribution in [0.2, 0.25) is 0 Å². The summed E-state index contributed by atoms with van der Waals surface area (Å²) >= 11 is 0. The highest BCUT2D eigenvalue weighted by Gasteiger charge is 2.42. The number of carbonyl (C=O) groups excluding carboxylic acids is 2. The quantitative estimate of drug-likeness (QED) is 0.860. The minimum Gasteiger partial charge on any atom is -0.342 e. The van der Waals surface area contributed by atoms with Crippen LogP contribution in [0.3, 0.4) is 0 Å². The lowest BCUT2D eigenvalue weighted by atomic mass is 9.79. The van der Waals surface area contributed by atoms with Crippen LogP contribution < -0.4 is 0 Å². The molecular formula is C19H26N2O2. The third-order valence-corrected chi connectivity index (χ3v) is 5.37. The molecule has 2 aliphatic heterocycles. The van der Waals surface area contributed by atoms with Gasteiger partial charge in [0.1, 0.15) is 0 Å². The summed E-state index contributed by atoms with van der Waals surface area (Å²) < 4.78 is 0. The van der Waals surface area contributed by atoms with Gasteiger partial charge in [0.25, 0.3) is 0 Å². The Morgan fingerprint density at radius 3 is 2.48 bits per heavy atom. The van der Waals surface area contributed by atoms with Crippen molar-refractivity contribution in [2.75, 3.05) is 26.2 Å². The van der Waals surface area contributed by atoms with E-state index in [-0.39, 0.29) is 17.2 Å². The first-order chi connectivity index (χ1) is 11.1. The molecule has 0 N–H and O–H groups in total. The van der Waals surface area contributed by atoms with Gasteiger partial charge in [-0.3, -0.25) is 9.59 Å². The van der Waals surface area contributed by atoms with Crippen LogP contribution in [-0.4, -0.2) is 47.8 Å². The number of rotatable bonds is 3. The smallest absolute Gasteiger partial charge is 0.222 e. The largest absolute Gasteiger partial charge is 0.342 e. The SMILES string of the molecule is CC(=O)N1CCC2(CCCN(C(=O)CCc3ccccc3)C2)C1. The van der Waals surface area contributed by atoms with Crippen molar-refractivity contribution in [3.63, 3.8) is 0 Å². The summed E-state index contributed by atoms with van der Waals surface area (Å²) in [5.74, 6) is 0.420. The van der Waals surface area contributed by atoms with Crippen molar-refractivity contribution >= 4 is 11.8 Å². The Bertz CT molecular complexity index is 572. The van der Waals surface area contributed by atoms with Gasteiger partial charge >= 0.3 is 0 Å². The highest BCUT2D eigenvalue weighted by atomic mass is 16.2. The van der Waals surface area contributed by atoms with Crippen LogP contribution in [0.15, 0.2) is 30.3 Å². The van der Waals surface area contributed by atoms with Crippen LogP contribution in [0.1, 0.15) is 38.2 Å². The molecule has 4 heteroatoms. The third kappa shape index (κ3) is 3.74. The van der Waals surface area contributed by atoms with Crippen molar-refractivity contribution in [1.29, 1.82) is 0 Å². The minimum absolute atomic E-state index is 0.145. The molecule has 2 amide bonds. The molecule has 1 aromatic rings. The van der Waals surface area contributed by atoms with Gasteiger partial charge in [-0.1, -0.05) is 30.3 Å². The van der Waals surface area contributed by atoms with E-state index in [4.69, 9.17) is 0 Å². The number of aryl methyl sites for hydroxylation is 1. The lowest BCUT2D eigenvalue weighted by molar-refractivity contribution is -0.134. The zero-order valence-corrected chi connectivity index (χ0v) is 14.0. The zero-order valence-electron chi connectivity index (χ0n) is 14.0. The first kappa shape index (κ1) is 16.0. The molecule has 23 heavy (non-hydrogen) atoms. The van der Waals surface area contributed by atoms with Crippen LogP contribution >= 0.6 is 0 Å². The van der Waals surface area contributed by atoms with E-state index in [1.54, 1.807) is 6.92 Å². The summed E-state index contributed by atoms with van der Waals surface area (Å²) in [5, 5.41) is 0. The fourth-order valence-electron chi connectivity index (χ4n) is 4.01. The summed E-state index contributed by atoms with van der Waals surface area (Å²) in [7, 11) is 0. The van der Waals surface area contributed by atoms with Crippen LogP contribution in [0.4, 0.5) is 0 Å². The predicted octanol–water partition coefficient (Wildman–Crippen LogP) is 2.48. The molecule has 0 saturated carbocycles. The molecule has 2 aliphatic rings. The van der Waals surface area contributed by atoms with E-state index in [1.807, 2.05) is 28.0 Å². The van der Waals surface area contributed by atoms with Gasteiger partial charge in [-0.15, -0.1) is 0 Å². The van der Waals surface area contributed by atoms with Crippen molar-refractivity contribution in [3.8, 4) is 0 Å². The fourth-order valence-corrected chi connectivity index (χ4v) is 4.01. The van der Waals surface area contributed by atoms with Crippen molar-refractivity contribution in [3.05, 3.63) is 35.9 Å². The Hall–Kier alpha value is -1.84. The molecule has 2 fully saturated rings. The standard InChI is InChI=1S/C19H26N2O2/c1-16(22)20-13-11-19(14-20)10-5-12-21(15-19)18(23)9-8-17-6-3-2-4-7-17/h2-4,6-7H,5,8-15H2,1H3. The molecule has 0 bridgehead atoms. The predicted molar refractivity (Wildman–Crippen MR) is 89.9 cm³/mol. The maximum atomic E-state index is 12.6. The number of hydrogen-bond donors (Lipinski definition) is 0. The first-order valence-corrected chi connectivity index (χ1v) is 8.65. The molecule has 1 unspecified atom stereocenters. The first-order valence-electron chi connectivity index (χ1n) is 8.65. The van der Waals surface area contributed by atoms with Crippen molar-refractivity contribution in [2.24, 2.45) is 5.41 Å². The molecule has 0 aromatic heterocycles. The van der Waals surface area contributed by atoms with Crippen molar-refractivity contribution in [2.45, 2.75) is 39.0 Å². The van der Waals surface area contributed by atoms with E-state index in [2.05, 4.69) is 12.1 Å². The summed E-state index contributed by atoms with van der Waals surface area (Å²) in [6.07, 6.45) is 4.62. The molecule has 1 spiro atoms. The monoisotopic (exact) mass is 314 g/mol.